The molecular weight excluding hydrogens is 192 g/mol. The van der Waals surface area contributed by atoms with Crippen LogP contribution in [0.15, 0.2) is 0 Å². The molecule has 3 fully saturated rings. The van der Waals surface area contributed by atoms with Gasteiger partial charge in [-0.1, -0.05) is 13.8 Å². The predicted molar refractivity (Wildman–Crippen MR) is 54.0 cm³/mol. The topological polar surface area (TPSA) is 35.5 Å². The molecule has 2 aliphatic heterocycles. The minimum atomic E-state index is -0.300. The van der Waals surface area contributed by atoms with Crippen LogP contribution in [0, 0.1) is 16.2 Å². The Hall–Kier alpha value is -0.570. The van der Waals surface area contributed by atoms with E-state index in [1.807, 2.05) is 6.92 Å². The highest BCUT2D eigenvalue weighted by Gasteiger charge is 2.63. The zero-order chi connectivity index (χ0) is 10.9. The van der Waals surface area contributed by atoms with Crippen LogP contribution in [-0.4, -0.2) is 18.9 Å². The van der Waals surface area contributed by atoms with Gasteiger partial charge in [-0.3, -0.25) is 4.79 Å². The maximum Gasteiger partial charge on any atom is 0.314 e. The van der Waals surface area contributed by atoms with Crippen LogP contribution in [0.4, 0.5) is 0 Å². The maximum absolute atomic E-state index is 11.9. The molecule has 0 aromatic carbocycles. The van der Waals surface area contributed by atoms with Gasteiger partial charge in [-0.25, -0.2) is 0 Å². The molecule has 3 aliphatic rings. The van der Waals surface area contributed by atoms with Crippen molar-refractivity contribution in [3.05, 3.63) is 0 Å². The molecule has 0 aromatic rings. The smallest absolute Gasteiger partial charge is 0.314 e. The zero-order valence-electron chi connectivity index (χ0n) is 9.63. The van der Waals surface area contributed by atoms with Gasteiger partial charge in [-0.15, -0.1) is 0 Å². The van der Waals surface area contributed by atoms with Crippen LogP contribution in [0.5, 0.6) is 0 Å². The van der Waals surface area contributed by atoms with E-state index >= 15 is 0 Å². The van der Waals surface area contributed by atoms with Crippen LogP contribution in [0.25, 0.3) is 0 Å². The summed E-state index contributed by atoms with van der Waals surface area (Å²) in [5, 5.41) is 0. The van der Waals surface area contributed by atoms with Gasteiger partial charge in [0.1, 0.15) is 0 Å². The Morgan fingerprint density at radius 1 is 1.20 bits per heavy atom. The lowest BCUT2D eigenvalue weighted by Gasteiger charge is -2.60. The Labute approximate surface area is 90.1 Å². The van der Waals surface area contributed by atoms with Gasteiger partial charge in [0.15, 0.2) is 0 Å². The Morgan fingerprint density at radius 3 is 2.67 bits per heavy atom. The molecule has 1 saturated carbocycles. The fourth-order valence-corrected chi connectivity index (χ4v) is 4.30. The van der Waals surface area contributed by atoms with Crippen molar-refractivity contribution < 1.29 is 14.3 Å². The second kappa shape index (κ2) is 2.40. The number of fused-ring (bicyclic) bond motifs is 2. The summed E-state index contributed by atoms with van der Waals surface area (Å²) in [6, 6.07) is 0. The molecule has 15 heavy (non-hydrogen) atoms. The standard InChI is InChI=1S/C12H18O3/c1-10-4-11(2)6-12(3,5-10)9(14-7-10)15-8(11)13/h9H,4-7H2,1-3H3/t9-,10+,11+,12-/m0/s1. The van der Waals surface area contributed by atoms with Gasteiger partial charge < -0.3 is 9.47 Å². The molecule has 0 aromatic heterocycles. The number of hydrogen-bond acceptors (Lipinski definition) is 3. The number of hydrogen-bond donors (Lipinski definition) is 0. The van der Waals surface area contributed by atoms with Crippen molar-refractivity contribution in [1.29, 1.82) is 0 Å². The third kappa shape index (κ3) is 1.13. The normalized spacial score (nSPS) is 57.8. The number of esters is 1. The molecule has 0 N–H and O–H groups in total. The van der Waals surface area contributed by atoms with Crippen molar-refractivity contribution in [2.24, 2.45) is 16.2 Å². The summed E-state index contributed by atoms with van der Waals surface area (Å²) in [7, 11) is 0. The molecule has 2 saturated heterocycles. The largest absolute Gasteiger partial charge is 0.435 e. The molecule has 0 unspecified atom stereocenters. The predicted octanol–water partition coefficient (Wildman–Crippen LogP) is 2.10. The molecule has 0 amide bonds. The maximum atomic E-state index is 11.9. The monoisotopic (exact) mass is 210 g/mol. The van der Waals surface area contributed by atoms with E-state index in [1.165, 1.54) is 0 Å². The second-order valence-corrected chi connectivity index (χ2v) is 6.60. The summed E-state index contributed by atoms with van der Waals surface area (Å²) in [6.07, 6.45) is 2.64. The van der Waals surface area contributed by atoms with Gasteiger partial charge in [0.05, 0.1) is 12.0 Å². The van der Waals surface area contributed by atoms with Crippen LogP contribution >= 0.6 is 0 Å². The lowest BCUT2D eigenvalue weighted by Crippen LogP contribution is -2.62. The van der Waals surface area contributed by atoms with Crippen LogP contribution < -0.4 is 0 Å². The number of carbonyl (C=O) groups is 1. The molecule has 1 aliphatic carbocycles. The van der Waals surface area contributed by atoms with Crippen molar-refractivity contribution in [3.8, 4) is 0 Å². The summed E-state index contributed by atoms with van der Waals surface area (Å²) < 4.78 is 11.1. The summed E-state index contributed by atoms with van der Waals surface area (Å²) in [6.45, 7) is 7.21. The van der Waals surface area contributed by atoms with Gasteiger partial charge in [-0.2, -0.15) is 0 Å². The average molecular weight is 210 g/mol. The molecule has 0 spiro atoms. The fourth-order valence-electron chi connectivity index (χ4n) is 4.30. The lowest BCUT2D eigenvalue weighted by atomic mass is 9.52. The van der Waals surface area contributed by atoms with E-state index in [-0.39, 0.29) is 28.5 Å². The second-order valence-electron chi connectivity index (χ2n) is 6.60. The van der Waals surface area contributed by atoms with Crippen molar-refractivity contribution in [3.63, 3.8) is 0 Å². The first-order valence-corrected chi connectivity index (χ1v) is 5.68. The van der Waals surface area contributed by atoms with Crippen LogP contribution in [0.2, 0.25) is 0 Å². The molecule has 3 nitrogen and oxygen atoms in total. The average Bonchev–Trinajstić information content (AvgIpc) is 2.05. The van der Waals surface area contributed by atoms with E-state index in [4.69, 9.17) is 9.47 Å². The number of rotatable bonds is 0. The molecule has 3 heteroatoms. The third-order valence-corrected chi connectivity index (χ3v) is 4.30. The Morgan fingerprint density at radius 2 is 1.93 bits per heavy atom. The van der Waals surface area contributed by atoms with Crippen molar-refractivity contribution >= 4 is 5.97 Å². The van der Waals surface area contributed by atoms with Crippen molar-refractivity contribution in [1.82, 2.24) is 0 Å². The van der Waals surface area contributed by atoms with Crippen molar-refractivity contribution in [2.75, 3.05) is 6.61 Å². The van der Waals surface area contributed by atoms with Gasteiger partial charge >= 0.3 is 5.97 Å². The van der Waals surface area contributed by atoms with Gasteiger partial charge in [-0.05, 0) is 31.6 Å². The van der Waals surface area contributed by atoms with E-state index in [2.05, 4.69) is 13.8 Å². The van der Waals surface area contributed by atoms with E-state index < -0.39 is 0 Å². The highest BCUT2D eigenvalue weighted by atomic mass is 16.7. The van der Waals surface area contributed by atoms with E-state index in [9.17, 15) is 4.79 Å². The molecule has 3 rings (SSSR count). The van der Waals surface area contributed by atoms with Gasteiger partial charge in [0, 0.05) is 5.41 Å². The van der Waals surface area contributed by atoms with Crippen molar-refractivity contribution in [2.45, 2.75) is 46.3 Å². The summed E-state index contributed by atoms with van der Waals surface area (Å²) in [5.74, 6) is -0.0596. The third-order valence-electron chi connectivity index (χ3n) is 4.30. The molecule has 4 atom stereocenters. The molecule has 0 radical (unpaired) electrons. The zero-order valence-corrected chi connectivity index (χ0v) is 9.63. The van der Waals surface area contributed by atoms with Crippen LogP contribution in [-0.2, 0) is 14.3 Å². The molecule has 2 heterocycles. The van der Waals surface area contributed by atoms with Gasteiger partial charge in [0.2, 0.25) is 6.29 Å². The van der Waals surface area contributed by atoms with E-state index in [0.717, 1.165) is 25.9 Å². The first-order valence-electron chi connectivity index (χ1n) is 5.68. The summed E-state index contributed by atoms with van der Waals surface area (Å²) in [5.41, 5.74) is -0.0758. The van der Waals surface area contributed by atoms with Gasteiger partial charge in [0.25, 0.3) is 0 Å². The quantitative estimate of drug-likeness (QED) is 0.574. The van der Waals surface area contributed by atoms with Crippen LogP contribution in [0.1, 0.15) is 40.0 Å². The van der Waals surface area contributed by atoms with E-state index in [1.54, 1.807) is 0 Å². The highest BCUT2D eigenvalue weighted by Crippen LogP contribution is 2.62. The minimum absolute atomic E-state index is 0.0356. The summed E-state index contributed by atoms with van der Waals surface area (Å²) in [4.78, 5) is 11.9. The summed E-state index contributed by atoms with van der Waals surface area (Å²) >= 11 is 0. The number of carbonyl (C=O) groups excluding carboxylic acids is 1. The fraction of sp³-hybridized carbons (Fsp3) is 0.917. The minimum Gasteiger partial charge on any atom is -0.435 e. The Kier molecular flexibility index (Phi) is 1.54. The Balaban J connectivity index is 2.08. The lowest BCUT2D eigenvalue weighted by molar-refractivity contribution is -0.306. The van der Waals surface area contributed by atoms with Crippen LogP contribution in [0.3, 0.4) is 0 Å². The molecular formula is C12H18O3. The first kappa shape index (κ1) is 9.64. The highest BCUT2D eigenvalue weighted by molar-refractivity contribution is 5.78. The number of ether oxygens (including phenoxy) is 2. The first-order chi connectivity index (χ1) is 6.85. The SMILES string of the molecule is C[C@@]12CO[C@H]3OC(=O)[C@](C)(C1)C[C@]3(C)C2. The molecule has 3 bridgehead atoms. The molecule has 84 valence electrons. The van der Waals surface area contributed by atoms with E-state index in [0.29, 0.717) is 0 Å². The Bertz CT molecular complexity index is 336.